The van der Waals surface area contributed by atoms with Gasteiger partial charge in [-0.05, 0) is 31.4 Å². The Morgan fingerprint density at radius 2 is 2.19 bits per heavy atom. The molecule has 1 aromatic rings. The first-order valence-corrected chi connectivity index (χ1v) is 5.69. The Balaban J connectivity index is 1.97. The zero-order valence-electron chi connectivity index (χ0n) is 9.56. The predicted octanol–water partition coefficient (Wildman–Crippen LogP) is 2.00. The van der Waals surface area contributed by atoms with Gasteiger partial charge in [0.15, 0.2) is 0 Å². The molecule has 1 aliphatic carbocycles. The summed E-state index contributed by atoms with van der Waals surface area (Å²) in [4.78, 5) is 4.14. The van der Waals surface area contributed by atoms with E-state index in [1.165, 1.54) is 0 Å². The van der Waals surface area contributed by atoms with Crippen LogP contribution in [-0.4, -0.2) is 24.3 Å². The molecule has 0 aromatic carbocycles. The summed E-state index contributed by atoms with van der Waals surface area (Å²) in [7, 11) is 1.75. The van der Waals surface area contributed by atoms with Crippen LogP contribution in [0.5, 0.6) is 5.88 Å². The number of methoxy groups -OCH3 is 1. The van der Waals surface area contributed by atoms with Crippen LogP contribution in [0.1, 0.15) is 25.7 Å². The summed E-state index contributed by atoms with van der Waals surface area (Å²) < 4.78 is 11.2. The van der Waals surface area contributed by atoms with E-state index < -0.39 is 0 Å². The number of ether oxygens (including phenoxy) is 2. The molecular formula is C12H18N2O2. The molecule has 0 aliphatic heterocycles. The average molecular weight is 222 g/mol. The number of anilines is 1. The van der Waals surface area contributed by atoms with Gasteiger partial charge in [-0.3, -0.25) is 0 Å². The van der Waals surface area contributed by atoms with Crippen LogP contribution in [0.2, 0.25) is 0 Å². The zero-order valence-corrected chi connectivity index (χ0v) is 9.56. The number of hydrogen-bond acceptors (Lipinski definition) is 4. The lowest BCUT2D eigenvalue weighted by molar-refractivity contribution is 0.0198. The highest BCUT2D eigenvalue weighted by Gasteiger charge is 2.23. The molecule has 2 atom stereocenters. The van der Waals surface area contributed by atoms with Crippen molar-refractivity contribution in [3.63, 3.8) is 0 Å². The lowest BCUT2D eigenvalue weighted by atomic mass is 9.95. The van der Waals surface area contributed by atoms with Crippen molar-refractivity contribution in [3.8, 4) is 5.88 Å². The minimum atomic E-state index is 0.177. The quantitative estimate of drug-likeness (QED) is 0.849. The van der Waals surface area contributed by atoms with Gasteiger partial charge in [0, 0.05) is 19.7 Å². The van der Waals surface area contributed by atoms with E-state index in [-0.39, 0.29) is 6.10 Å². The lowest BCUT2D eigenvalue weighted by Gasteiger charge is -2.28. The third-order valence-electron chi connectivity index (χ3n) is 2.99. The minimum absolute atomic E-state index is 0.177. The molecule has 4 heteroatoms. The molecule has 88 valence electrons. The monoisotopic (exact) mass is 222 g/mol. The van der Waals surface area contributed by atoms with E-state index in [0.29, 0.717) is 17.7 Å². The molecule has 1 heterocycles. The molecule has 2 N–H and O–H groups in total. The third-order valence-corrected chi connectivity index (χ3v) is 2.99. The Kier molecular flexibility index (Phi) is 3.62. The fourth-order valence-corrected chi connectivity index (χ4v) is 2.08. The van der Waals surface area contributed by atoms with Gasteiger partial charge in [0.25, 0.3) is 0 Å². The van der Waals surface area contributed by atoms with Crippen molar-refractivity contribution in [2.75, 3.05) is 12.8 Å². The molecule has 0 bridgehead atoms. The molecular weight excluding hydrogens is 204 g/mol. The second kappa shape index (κ2) is 5.16. The summed E-state index contributed by atoms with van der Waals surface area (Å²) >= 11 is 0. The maximum absolute atomic E-state index is 5.80. The number of rotatable bonds is 3. The van der Waals surface area contributed by atoms with Crippen LogP contribution in [0.25, 0.3) is 0 Å². The molecule has 0 amide bonds. The largest absolute Gasteiger partial charge is 0.473 e. The Hall–Kier alpha value is -1.29. The molecule has 1 saturated carbocycles. The number of pyridine rings is 1. The maximum Gasteiger partial charge on any atom is 0.237 e. The average Bonchev–Trinajstić information content (AvgIpc) is 2.32. The number of nitrogens with zero attached hydrogens (tertiary/aromatic N) is 1. The van der Waals surface area contributed by atoms with Gasteiger partial charge in [-0.2, -0.15) is 0 Å². The minimum Gasteiger partial charge on any atom is -0.473 e. The predicted molar refractivity (Wildman–Crippen MR) is 62.3 cm³/mol. The Labute approximate surface area is 95.8 Å². The normalized spacial score (nSPS) is 25.3. The first-order valence-electron chi connectivity index (χ1n) is 5.69. The first-order chi connectivity index (χ1) is 7.79. The summed E-state index contributed by atoms with van der Waals surface area (Å²) in [5.41, 5.74) is 6.39. The maximum atomic E-state index is 5.80. The van der Waals surface area contributed by atoms with Crippen molar-refractivity contribution in [1.82, 2.24) is 4.98 Å². The fraction of sp³-hybridized carbons (Fsp3) is 0.583. The SMILES string of the molecule is COC1CCCC(Oc2ncccc2N)C1. The summed E-state index contributed by atoms with van der Waals surface area (Å²) in [6.45, 7) is 0. The van der Waals surface area contributed by atoms with Gasteiger partial charge in [-0.15, -0.1) is 0 Å². The molecule has 1 aliphatic rings. The van der Waals surface area contributed by atoms with Gasteiger partial charge in [-0.25, -0.2) is 4.98 Å². The van der Waals surface area contributed by atoms with Crippen LogP contribution in [-0.2, 0) is 4.74 Å². The van der Waals surface area contributed by atoms with Gasteiger partial charge in [0.1, 0.15) is 6.10 Å². The van der Waals surface area contributed by atoms with Crippen molar-refractivity contribution in [1.29, 1.82) is 0 Å². The van der Waals surface area contributed by atoms with E-state index in [4.69, 9.17) is 15.2 Å². The van der Waals surface area contributed by atoms with Crippen LogP contribution in [0.4, 0.5) is 5.69 Å². The Morgan fingerprint density at radius 3 is 2.94 bits per heavy atom. The standard InChI is InChI=1S/C12H18N2O2/c1-15-9-4-2-5-10(8-9)16-12-11(13)6-3-7-14-12/h3,6-7,9-10H,2,4-5,8,13H2,1H3. The van der Waals surface area contributed by atoms with Crippen molar-refractivity contribution in [2.24, 2.45) is 0 Å². The second-order valence-electron chi connectivity index (χ2n) is 4.16. The van der Waals surface area contributed by atoms with Crippen molar-refractivity contribution in [3.05, 3.63) is 18.3 Å². The highest BCUT2D eigenvalue weighted by atomic mass is 16.5. The number of aromatic nitrogens is 1. The summed E-state index contributed by atoms with van der Waals surface area (Å²) in [5.74, 6) is 0.546. The number of nitrogens with two attached hydrogens (primary N) is 1. The molecule has 0 radical (unpaired) electrons. The number of hydrogen-bond donors (Lipinski definition) is 1. The third kappa shape index (κ3) is 2.64. The zero-order chi connectivity index (χ0) is 11.4. The molecule has 1 fully saturated rings. The molecule has 4 nitrogen and oxygen atoms in total. The summed E-state index contributed by atoms with van der Waals surface area (Å²) in [6.07, 6.45) is 6.41. The van der Waals surface area contributed by atoms with Gasteiger partial charge >= 0.3 is 0 Å². The van der Waals surface area contributed by atoms with E-state index in [9.17, 15) is 0 Å². The smallest absolute Gasteiger partial charge is 0.237 e. The van der Waals surface area contributed by atoms with Crippen molar-refractivity contribution >= 4 is 5.69 Å². The topological polar surface area (TPSA) is 57.4 Å². The summed E-state index contributed by atoms with van der Waals surface area (Å²) in [5, 5.41) is 0. The van der Waals surface area contributed by atoms with Crippen LogP contribution in [0.15, 0.2) is 18.3 Å². The van der Waals surface area contributed by atoms with E-state index in [1.54, 1.807) is 25.4 Å². The van der Waals surface area contributed by atoms with Crippen LogP contribution >= 0.6 is 0 Å². The highest BCUT2D eigenvalue weighted by Crippen LogP contribution is 2.26. The van der Waals surface area contributed by atoms with E-state index >= 15 is 0 Å². The Morgan fingerprint density at radius 1 is 1.38 bits per heavy atom. The van der Waals surface area contributed by atoms with Gasteiger partial charge in [-0.1, -0.05) is 0 Å². The second-order valence-corrected chi connectivity index (χ2v) is 4.16. The van der Waals surface area contributed by atoms with Gasteiger partial charge in [0.05, 0.1) is 11.8 Å². The van der Waals surface area contributed by atoms with Gasteiger partial charge in [0.2, 0.25) is 5.88 Å². The molecule has 2 unspecified atom stereocenters. The molecule has 16 heavy (non-hydrogen) atoms. The Bertz CT molecular complexity index is 344. The molecule has 0 spiro atoms. The van der Waals surface area contributed by atoms with Gasteiger partial charge < -0.3 is 15.2 Å². The molecule has 2 rings (SSSR count). The molecule has 0 saturated heterocycles. The fourth-order valence-electron chi connectivity index (χ4n) is 2.08. The van der Waals surface area contributed by atoms with E-state index in [2.05, 4.69) is 4.98 Å². The molecule has 1 aromatic heterocycles. The lowest BCUT2D eigenvalue weighted by Crippen LogP contribution is -2.29. The number of nitrogen functional groups attached to an aromatic ring is 1. The van der Waals surface area contributed by atoms with Crippen LogP contribution in [0, 0.1) is 0 Å². The van der Waals surface area contributed by atoms with Crippen molar-refractivity contribution in [2.45, 2.75) is 37.9 Å². The highest BCUT2D eigenvalue weighted by molar-refractivity contribution is 5.46. The van der Waals surface area contributed by atoms with E-state index in [1.807, 2.05) is 0 Å². The van der Waals surface area contributed by atoms with E-state index in [0.717, 1.165) is 25.7 Å². The van der Waals surface area contributed by atoms with Crippen molar-refractivity contribution < 1.29 is 9.47 Å². The first kappa shape index (κ1) is 11.2. The summed E-state index contributed by atoms with van der Waals surface area (Å²) in [6, 6.07) is 3.61. The van der Waals surface area contributed by atoms with Crippen LogP contribution in [0.3, 0.4) is 0 Å². The van der Waals surface area contributed by atoms with Crippen LogP contribution < -0.4 is 10.5 Å².